The number of allylic oxidation sites excluding steroid dienone is 2. The van der Waals surface area contributed by atoms with Crippen LogP contribution in [0.2, 0.25) is 5.02 Å². The highest BCUT2D eigenvalue weighted by molar-refractivity contribution is 6.30. The molecule has 1 amide bonds. The summed E-state index contributed by atoms with van der Waals surface area (Å²) in [5, 5.41) is 14.7. The zero-order valence-corrected chi connectivity index (χ0v) is 22.1. The van der Waals surface area contributed by atoms with Gasteiger partial charge in [0.2, 0.25) is 5.76 Å². The number of amides is 1. The summed E-state index contributed by atoms with van der Waals surface area (Å²) in [6, 6.07) is 14.6. The van der Waals surface area contributed by atoms with E-state index in [0.29, 0.717) is 17.9 Å². The molecule has 0 saturated carbocycles. The number of methoxy groups -OCH3 is 2. The number of aliphatic imine (C=N–C) groups is 1. The lowest BCUT2D eigenvalue weighted by atomic mass is 9.67. The number of halogens is 1. The van der Waals surface area contributed by atoms with Crippen molar-refractivity contribution in [3.63, 3.8) is 0 Å². The Morgan fingerprint density at radius 2 is 1.71 bits per heavy atom. The van der Waals surface area contributed by atoms with Gasteiger partial charge in [0.05, 0.1) is 31.9 Å². The van der Waals surface area contributed by atoms with Crippen molar-refractivity contribution in [2.24, 2.45) is 22.7 Å². The molecule has 8 nitrogen and oxygen atoms in total. The molecular weight excluding hydrogens is 508 g/mol. The minimum absolute atomic E-state index is 0.0283. The molecule has 2 aromatic rings. The lowest BCUT2D eigenvalue weighted by Crippen LogP contribution is -2.45. The summed E-state index contributed by atoms with van der Waals surface area (Å²) in [5.74, 6) is -4.99. The van der Waals surface area contributed by atoms with Crippen molar-refractivity contribution in [3.8, 4) is 0 Å². The van der Waals surface area contributed by atoms with Gasteiger partial charge in [-0.15, -0.1) is 0 Å². The Kier molecular flexibility index (Phi) is 8.32. The van der Waals surface area contributed by atoms with Gasteiger partial charge in [0.15, 0.2) is 0 Å². The number of aliphatic hydroxyl groups excluding tert-OH is 1. The first-order chi connectivity index (χ1) is 18.2. The second kappa shape index (κ2) is 11.6. The SMILES string of the molecule is COC(=O)/C(O)=C(\C(=O)OC)C1=NC(=O)[C@@H]([C@H](Nc2ccc(C)cc2)c2ccc(Cl)cc2)[C@H]2C=CCC[C@@H]12. The van der Waals surface area contributed by atoms with Crippen LogP contribution in [0, 0.1) is 24.7 Å². The molecule has 0 radical (unpaired) electrons. The lowest BCUT2D eigenvalue weighted by Gasteiger charge is -2.41. The summed E-state index contributed by atoms with van der Waals surface area (Å²) in [5.41, 5.74) is 2.34. The third-order valence-corrected chi connectivity index (χ3v) is 7.22. The topological polar surface area (TPSA) is 114 Å². The van der Waals surface area contributed by atoms with Crippen LogP contribution in [0.15, 0.2) is 77.0 Å². The predicted molar refractivity (Wildman–Crippen MR) is 144 cm³/mol. The van der Waals surface area contributed by atoms with Crippen molar-refractivity contribution in [3.05, 3.63) is 88.2 Å². The number of ether oxygens (including phenoxy) is 2. The Morgan fingerprint density at radius 3 is 2.34 bits per heavy atom. The van der Waals surface area contributed by atoms with Gasteiger partial charge in [-0.25, -0.2) is 14.6 Å². The average molecular weight is 537 g/mol. The molecule has 198 valence electrons. The Morgan fingerprint density at radius 1 is 1.05 bits per heavy atom. The standard InChI is InChI=1S/C29H29ClN2O6/c1-16-8-14-19(15-9-16)31-24(17-10-12-18(30)13-11-17)22-20-6-4-5-7-21(20)25(32-27(22)34)23(28(35)37-2)26(33)29(36)38-3/h4,6,8-15,20-22,24,31,33H,5,7H2,1-3H3/b26-23+/t20-,21+,22+,24+/m0/s1. The van der Waals surface area contributed by atoms with Gasteiger partial charge >= 0.3 is 11.9 Å². The number of aliphatic hydroxyl groups is 1. The zero-order valence-electron chi connectivity index (χ0n) is 21.3. The first-order valence-electron chi connectivity index (χ1n) is 12.2. The van der Waals surface area contributed by atoms with Crippen LogP contribution in [-0.2, 0) is 23.9 Å². The van der Waals surface area contributed by atoms with Crippen LogP contribution in [-0.4, -0.2) is 42.9 Å². The molecule has 2 aliphatic rings. The maximum absolute atomic E-state index is 13.8. The number of rotatable bonds is 7. The molecule has 2 N–H and O–H groups in total. The molecule has 1 aliphatic heterocycles. The number of carbonyl (C=O) groups excluding carboxylic acids is 3. The van der Waals surface area contributed by atoms with E-state index < -0.39 is 47.1 Å². The number of esters is 2. The van der Waals surface area contributed by atoms with Crippen molar-refractivity contribution in [1.29, 1.82) is 0 Å². The van der Waals surface area contributed by atoms with Crippen LogP contribution in [0.1, 0.15) is 30.0 Å². The highest BCUT2D eigenvalue weighted by Gasteiger charge is 2.47. The third kappa shape index (κ3) is 5.50. The van der Waals surface area contributed by atoms with Crippen molar-refractivity contribution < 1.29 is 29.0 Å². The number of hydrogen-bond acceptors (Lipinski definition) is 7. The second-order valence-corrected chi connectivity index (χ2v) is 9.73. The molecule has 0 bridgehead atoms. The van der Waals surface area contributed by atoms with E-state index in [1.165, 1.54) is 0 Å². The highest BCUT2D eigenvalue weighted by atomic mass is 35.5. The molecule has 0 spiro atoms. The van der Waals surface area contributed by atoms with E-state index in [0.717, 1.165) is 31.0 Å². The molecule has 2 aromatic carbocycles. The first kappa shape index (κ1) is 27.1. The van der Waals surface area contributed by atoms with Crippen LogP contribution in [0.3, 0.4) is 0 Å². The van der Waals surface area contributed by atoms with Gasteiger partial charge in [-0.05, 0) is 55.5 Å². The normalized spacial score (nSPS) is 21.9. The van der Waals surface area contributed by atoms with E-state index in [4.69, 9.17) is 16.3 Å². The van der Waals surface area contributed by atoms with Crippen LogP contribution >= 0.6 is 11.6 Å². The highest BCUT2D eigenvalue weighted by Crippen LogP contribution is 2.44. The smallest absolute Gasteiger partial charge is 0.374 e. The van der Waals surface area contributed by atoms with Gasteiger partial charge < -0.3 is 19.9 Å². The average Bonchev–Trinajstić information content (AvgIpc) is 2.93. The van der Waals surface area contributed by atoms with Crippen molar-refractivity contribution in [2.75, 3.05) is 19.5 Å². The number of carbonyl (C=O) groups is 3. The summed E-state index contributed by atoms with van der Waals surface area (Å²) < 4.78 is 9.45. The van der Waals surface area contributed by atoms with E-state index in [-0.39, 0.29) is 11.6 Å². The maximum Gasteiger partial charge on any atom is 0.374 e. The minimum Gasteiger partial charge on any atom is -0.501 e. The monoisotopic (exact) mass is 536 g/mol. The molecule has 0 unspecified atom stereocenters. The molecule has 4 rings (SSSR count). The van der Waals surface area contributed by atoms with Crippen molar-refractivity contribution >= 4 is 40.8 Å². The summed E-state index contributed by atoms with van der Waals surface area (Å²) in [4.78, 5) is 43.0. The predicted octanol–water partition coefficient (Wildman–Crippen LogP) is 5.14. The minimum atomic E-state index is -1.12. The van der Waals surface area contributed by atoms with Gasteiger partial charge in [-0.2, -0.15) is 0 Å². The van der Waals surface area contributed by atoms with Gasteiger partial charge in [-0.3, -0.25) is 4.79 Å². The second-order valence-electron chi connectivity index (χ2n) is 9.30. The number of anilines is 1. The number of aryl methyl sites for hydroxylation is 1. The summed E-state index contributed by atoms with van der Waals surface area (Å²) >= 11 is 6.15. The zero-order chi connectivity index (χ0) is 27.4. The molecule has 38 heavy (non-hydrogen) atoms. The Balaban J connectivity index is 1.85. The van der Waals surface area contributed by atoms with Gasteiger partial charge in [0.25, 0.3) is 5.91 Å². The van der Waals surface area contributed by atoms with E-state index in [2.05, 4.69) is 15.0 Å². The Hall–Kier alpha value is -3.91. The van der Waals surface area contributed by atoms with Gasteiger partial charge in [0.1, 0.15) is 5.57 Å². The molecule has 0 saturated heterocycles. The lowest BCUT2D eigenvalue weighted by molar-refractivity contribution is -0.141. The summed E-state index contributed by atoms with van der Waals surface area (Å²) in [7, 11) is 2.21. The Bertz CT molecular complexity index is 1310. The summed E-state index contributed by atoms with van der Waals surface area (Å²) in [6.45, 7) is 1.99. The van der Waals surface area contributed by atoms with Gasteiger partial charge in [0, 0.05) is 16.6 Å². The molecule has 9 heteroatoms. The van der Waals surface area contributed by atoms with Gasteiger partial charge in [-0.1, -0.05) is 53.6 Å². The number of fused-ring (bicyclic) bond motifs is 1. The molecule has 0 fully saturated rings. The molecule has 0 aromatic heterocycles. The van der Waals surface area contributed by atoms with E-state index in [1.807, 2.05) is 55.5 Å². The van der Waals surface area contributed by atoms with E-state index in [9.17, 15) is 19.5 Å². The fourth-order valence-electron chi connectivity index (χ4n) is 5.09. The fraction of sp³-hybridized carbons (Fsp3) is 0.310. The molecule has 1 aliphatic carbocycles. The third-order valence-electron chi connectivity index (χ3n) is 6.97. The van der Waals surface area contributed by atoms with Crippen LogP contribution in [0.25, 0.3) is 0 Å². The number of nitrogens with one attached hydrogen (secondary N) is 1. The van der Waals surface area contributed by atoms with E-state index >= 15 is 0 Å². The number of benzene rings is 2. The fourth-order valence-corrected chi connectivity index (χ4v) is 5.22. The number of nitrogens with zero attached hydrogens (tertiary/aromatic N) is 1. The molecule has 4 atom stereocenters. The first-order valence-corrected chi connectivity index (χ1v) is 12.6. The summed E-state index contributed by atoms with van der Waals surface area (Å²) in [6.07, 6.45) is 5.17. The largest absolute Gasteiger partial charge is 0.501 e. The Labute approximate surface area is 226 Å². The maximum atomic E-state index is 13.8. The number of hydrogen-bond donors (Lipinski definition) is 2. The van der Waals surface area contributed by atoms with E-state index in [1.54, 1.807) is 12.1 Å². The van der Waals surface area contributed by atoms with Crippen molar-refractivity contribution in [2.45, 2.75) is 25.8 Å². The van der Waals surface area contributed by atoms with Crippen molar-refractivity contribution in [1.82, 2.24) is 0 Å². The van der Waals surface area contributed by atoms with Crippen LogP contribution in [0.4, 0.5) is 5.69 Å². The molecule has 1 heterocycles. The molecular formula is C29H29ClN2O6. The van der Waals surface area contributed by atoms with Crippen LogP contribution in [0.5, 0.6) is 0 Å². The quantitative estimate of drug-likeness (QED) is 0.218. The van der Waals surface area contributed by atoms with Crippen LogP contribution < -0.4 is 5.32 Å².